The number of benzene rings is 1. The first-order chi connectivity index (χ1) is 7.70. The third kappa shape index (κ3) is 2.50. The second-order valence-electron chi connectivity index (χ2n) is 3.57. The lowest BCUT2D eigenvalue weighted by Crippen LogP contribution is -2.32. The van der Waals surface area contributed by atoms with Crippen molar-refractivity contribution in [3.63, 3.8) is 0 Å². The van der Waals surface area contributed by atoms with Crippen molar-refractivity contribution in [1.82, 2.24) is 5.32 Å². The fraction of sp³-hybridized carbons (Fsp3) is 0.364. The highest BCUT2D eigenvalue weighted by atomic mass is 79.9. The standard InChI is InChI=1S/C11H11BrClNO2/c12-7-1-2-10-8(5-7)9(3-4-16-10)14-11(15)6-13/h1-2,5,9H,3-4,6H2,(H,14,15)/t9-/m0/s1. The molecule has 0 spiro atoms. The lowest BCUT2D eigenvalue weighted by Gasteiger charge is -2.26. The molecule has 1 N–H and O–H groups in total. The number of carbonyl (C=O) groups is 1. The summed E-state index contributed by atoms with van der Waals surface area (Å²) in [6.07, 6.45) is 0.770. The third-order valence-corrected chi connectivity index (χ3v) is 3.20. The predicted molar refractivity (Wildman–Crippen MR) is 65.9 cm³/mol. The average Bonchev–Trinajstić information content (AvgIpc) is 2.29. The first kappa shape index (κ1) is 11.7. The molecular formula is C11H11BrClNO2. The summed E-state index contributed by atoms with van der Waals surface area (Å²) >= 11 is 8.88. The third-order valence-electron chi connectivity index (χ3n) is 2.47. The van der Waals surface area contributed by atoms with Crippen molar-refractivity contribution in [2.75, 3.05) is 12.5 Å². The highest BCUT2D eigenvalue weighted by Crippen LogP contribution is 2.33. The van der Waals surface area contributed by atoms with Crippen molar-refractivity contribution in [2.45, 2.75) is 12.5 Å². The van der Waals surface area contributed by atoms with Crippen molar-refractivity contribution < 1.29 is 9.53 Å². The zero-order valence-electron chi connectivity index (χ0n) is 8.50. The van der Waals surface area contributed by atoms with Crippen LogP contribution in [0.5, 0.6) is 5.75 Å². The molecule has 0 radical (unpaired) electrons. The molecule has 1 aromatic carbocycles. The van der Waals surface area contributed by atoms with E-state index in [0.717, 1.165) is 22.2 Å². The van der Waals surface area contributed by atoms with Gasteiger partial charge in [0.15, 0.2) is 0 Å². The van der Waals surface area contributed by atoms with Gasteiger partial charge in [-0.2, -0.15) is 0 Å². The SMILES string of the molecule is O=C(CCl)N[C@H]1CCOc2ccc(Br)cc21. The zero-order chi connectivity index (χ0) is 11.5. The van der Waals surface area contributed by atoms with Crippen molar-refractivity contribution in [3.8, 4) is 5.75 Å². The Balaban J connectivity index is 2.24. The van der Waals surface area contributed by atoms with Crippen LogP contribution in [0.2, 0.25) is 0 Å². The lowest BCUT2D eigenvalue weighted by atomic mass is 10.0. The minimum Gasteiger partial charge on any atom is -0.493 e. The molecule has 1 heterocycles. The normalized spacial score (nSPS) is 18.5. The zero-order valence-corrected chi connectivity index (χ0v) is 10.8. The van der Waals surface area contributed by atoms with Gasteiger partial charge in [-0.1, -0.05) is 15.9 Å². The number of nitrogens with one attached hydrogen (secondary N) is 1. The molecule has 0 saturated heterocycles. The van der Waals surface area contributed by atoms with Gasteiger partial charge >= 0.3 is 0 Å². The smallest absolute Gasteiger partial charge is 0.235 e. The van der Waals surface area contributed by atoms with Gasteiger partial charge in [-0.25, -0.2) is 0 Å². The molecule has 1 aliphatic heterocycles. The molecule has 1 atom stereocenters. The van der Waals surface area contributed by atoms with Gasteiger partial charge in [-0.15, -0.1) is 11.6 Å². The Morgan fingerprint density at radius 2 is 2.44 bits per heavy atom. The van der Waals surface area contributed by atoms with E-state index in [1.165, 1.54) is 0 Å². The van der Waals surface area contributed by atoms with Gasteiger partial charge in [-0.3, -0.25) is 4.79 Å². The van der Waals surface area contributed by atoms with Crippen LogP contribution in [-0.4, -0.2) is 18.4 Å². The van der Waals surface area contributed by atoms with E-state index in [1.54, 1.807) is 0 Å². The number of fused-ring (bicyclic) bond motifs is 1. The van der Waals surface area contributed by atoms with Crippen LogP contribution in [0.15, 0.2) is 22.7 Å². The van der Waals surface area contributed by atoms with Gasteiger partial charge in [0.25, 0.3) is 0 Å². The molecule has 0 unspecified atom stereocenters. The van der Waals surface area contributed by atoms with Crippen LogP contribution >= 0.6 is 27.5 Å². The molecular weight excluding hydrogens is 293 g/mol. The van der Waals surface area contributed by atoms with Crippen LogP contribution in [0.4, 0.5) is 0 Å². The molecule has 5 heteroatoms. The average molecular weight is 305 g/mol. The molecule has 1 aromatic rings. The maximum Gasteiger partial charge on any atom is 0.235 e. The minimum atomic E-state index is -0.153. The molecule has 3 nitrogen and oxygen atoms in total. The highest BCUT2D eigenvalue weighted by molar-refractivity contribution is 9.10. The van der Waals surface area contributed by atoms with Crippen LogP contribution in [-0.2, 0) is 4.79 Å². The van der Waals surface area contributed by atoms with Crippen molar-refractivity contribution in [3.05, 3.63) is 28.2 Å². The molecule has 1 amide bonds. The molecule has 86 valence electrons. The predicted octanol–water partition coefficient (Wildman–Crippen LogP) is 2.63. The number of amides is 1. The van der Waals surface area contributed by atoms with Gasteiger partial charge in [0.2, 0.25) is 5.91 Å². The summed E-state index contributed by atoms with van der Waals surface area (Å²) in [5.41, 5.74) is 0.999. The Morgan fingerprint density at radius 1 is 1.62 bits per heavy atom. The van der Waals surface area contributed by atoms with Gasteiger partial charge in [-0.05, 0) is 18.2 Å². The number of hydrogen-bond acceptors (Lipinski definition) is 2. The van der Waals surface area contributed by atoms with Crippen LogP contribution < -0.4 is 10.1 Å². The first-order valence-electron chi connectivity index (χ1n) is 4.98. The Kier molecular flexibility index (Phi) is 3.71. The number of ether oxygens (including phenoxy) is 1. The van der Waals surface area contributed by atoms with E-state index in [0.29, 0.717) is 6.61 Å². The van der Waals surface area contributed by atoms with E-state index < -0.39 is 0 Å². The number of halogens is 2. The fourth-order valence-electron chi connectivity index (χ4n) is 1.75. The number of hydrogen-bond donors (Lipinski definition) is 1. The molecule has 0 bridgehead atoms. The van der Waals surface area contributed by atoms with E-state index in [1.807, 2.05) is 18.2 Å². The maximum absolute atomic E-state index is 11.3. The summed E-state index contributed by atoms with van der Waals surface area (Å²) in [7, 11) is 0. The maximum atomic E-state index is 11.3. The summed E-state index contributed by atoms with van der Waals surface area (Å²) in [4.78, 5) is 11.3. The van der Waals surface area contributed by atoms with Gasteiger partial charge in [0, 0.05) is 16.5 Å². The van der Waals surface area contributed by atoms with Crippen LogP contribution in [0.25, 0.3) is 0 Å². The summed E-state index contributed by atoms with van der Waals surface area (Å²) < 4.78 is 6.49. The molecule has 0 saturated carbocycles. The largest absolute Gasteiger partial charge is 0.493 e. The van der Waals surface area contributed by atoms with Crippen molar-refractivity contribution in [2.24, 2.45) is 0 Å². The topological polar surface area (TPSA) is 38.3 Å². The van der Waals surface area contributed by atoms with E-state index in [-0.39, 0.29) is 17.8 Å². The molecule has 1 aliphatic rings. The van der Waals surface area contributed by atoms with E-state index >= 15 is 0 Å². The molecule has 2 rings (SSSR count). The second-order valence-corrected chi connectivity index (χ2v) is 4.76. The molecule has 0 aromatic heterocycles. The van der Waals surface area contributed by atoms with E-state index in [9.17, 15) is 4.79 Å². The minimum absolute atomic E-state index is 0.00694. The van der Waals surface area contributed by atoms with Crippen LogP contribution in [0.1, 0.15) is 18.0 Å². The second kappa shape index (κ2) is 5.06. The number of carbonyl (C=O) groups excluding carboxylic acids is 1. The number of rotatable bonds is 2. The van der Waals surface area contributed by atoms with E-state index in [4.69, 9.17) is 16.3 Å². The Labute approximate surface area is 107 Å². The lowest BCUT2D eigenvalue weighted by molar-refractivity contribution is -0.119. The Bertz CT molecular complexity index is 411. The first-order valence-corrected chi connectivity index (χ1v) is 6.31. The number of alkyl halides is 1. The van der Waals surface area contributed by atoms with Crippen molar-refractivity contribution >= 4 is 33.4 Å². The van der Waals surface area contributed by atoms with Crippen molar-refractivity contribution in [1.29, 1.82) is 0 Å². The summed E-state index contributed by atoms with van der Waals surface area (Å²) in [5, 5.41) is 2.88. The fourth-order valence-corrected chi connectivity index (χ4v) is 2.20. The molecule has 0 aliphatic carbocycles. The van der Waals surface area contributed by atoms with E-state index in [2.05, 4.69) is 21.2 Å². The van der Waals surface area contributed by atoms with Crippen LogP contribution in [0, 0.1) is 0 Å². The summed E-state index contributed by atoms with van der Waals surface area (Å²) in [6, 6.07) is 5.78. The summed E-state index contributed by atoms with van der Waals surface area (Å²) in [6.45, 7) is 0.613. The molecule has 0 fully saturated rings. The highest BCUT2D eigenvalue weighted by Gasteiger charge is 2.22. The van der Waals surface area contributed by atoms with Gasteiger partial charge < -0.3 is 10.1 Å². The quantitative estimate of drug-likeness (QED) is 0.853. The van der Waals surface area contributed by atoms with Gasteiger partial charge in [0.05, 0.1) is 12.6 Å². The van der Waals surface area contributed by atoms with Crippen LogP contribution in [0.3, 0.4) is 0 Å². The monoisotopic (exact) mass is 303 g/mol. The Morgan fingerprint density at radius 3 is 3.19 bits per heavy atom. The Hall–Kier alpha value is -0.740. The summed E-state index contributed by atoms with van der Waals surface area (Å²) in [5.74, 6) is 0.662. The molecule has 16 heavy (non-hydrogen) atoms. The van der Waals surface area contributed by atoms with Gasteiger partial charge in [0.1, 0.15) is 11.6 Å².